The van der Waals surface area contributed by atoms with Crippen LogP contribution in [0.2, 0.25) is 0 Å². The molecule has 118 valence electrons. The lowest BCUT2D eigenvalue weighted by molar-refractivity contribution is -0.183. The lowest BCUT2D eigenvalue weighted by Gasteiger charge is -2.37. The molecule has 0 bridgehead atoms. The highest BCUT2D eigenvalue weighted by molar-refractivity contribution is 6.04. The molecule has 3 amide bonds. The Morgan fingerprint density at radius 2 is 1.76 bits per heavy atom. The molecule has 0 aromatic rings. The number of rotatable bonds is 1. The van der Waals surface area contributed by atoms with E-state index in [0.29, 0.717) is 25.9 Å². The second-order valence-corrected chi connectivity index (χ2v) is 6.60. The molecule has 0 aromatic heterocycles. The van der Waals surface area contributed by atoms with Gasteiger partial charge in [0.1, 0.15) is 5.60 Å². The van der Waals surface area contributed by atoms with E-state index in [-0.39, 0.29) is 24.3 Å². The average Bonchev–Trinajstić information content (AvgIpc) is 2.59. The molecule has 7 heteroatoms. The predicted molar refractivity (Wildman–Crippen MR) is 73.0 cm³/mol. The van der Waals surface area contributed by atoms with Crippen molar-refractivity contribution >= 4 is 17.9 Å². The van der Waals surface area contributed by atoms with E-state index >= 15 is 0 Å². The van der Waals surface area contributed by atoms with Gasteiger partial charge in [-0.25, -0.2) is 4.79 Å². The van der Waals surface area contributed by atoms with Gasteiger partial charge in [0, 0.05) is 19.5 Å². The number of piperidine rings is 1. The largest absolute Gasteiger partial charge is 0.444 e. The van der Waals surface area contributed by atoms with E-state index < -0.39 is 11.0 Å². The van der Waals surface area contributed by atoms with Crippen LogP contribution >= 0.6 is 0 Å². The summed E-state index contributed by atoms with van der Waals surface area (Å²) in [4.78, 5) is 42.5. The predicted octanol–water partition coefficient (Wildman–Crippen LogP) is 1.32. The van der Waals surface area contributed by atoms with Gasteiger partial charge in [0.2, 0.25) is 0 Å². The fourth-order valence-electron chi connectivity index (χ4n) is 2.78. The van der Waals surface area contributed by atoms with Gasteiger partial charge >= 0.3 is 6.09 Å². The van der Waals surface area contributed by atoms with Crippen LogP contribution in [-0.4, -0.2) is 53.7 Å². The third-order valence-electron chi connectivity index (χ3n) is 3.91. The quantitative estimate of drug-likeness (QED) is 0.682. The lowest BCUT2D eigenvalue weighted by Crippen LogP contribution is -2.47. The van der Waals surface area contributed by atoms with Gasteiger partial charge in [-0.1, -0.05) is 0 Å². The van der Waals surface area contributed by atoms with Crippen molar-refractivity contribution in [3.8, 4) is 0 Å². The van der Waals surface area contributed by atoms with Crippen LogP contribution in [0.1, 0.15) is 40.0 Å². The fourth-order valence-corrected chi connectivity index (χ4v) is 2.78. The minimum absolute atomic E-state index is 0.155. The molecule has 0 aliphatic carbocycles. The van der Waals surface area contributed by atoms with Gasteiger partial charge in [-0.2, -0.15) is 5.06 Å². The van der Waals surface area contributed by atoms with Crippen LogP contribution in [0.4, 0.5) is 4.79 Å². The van der Waals surface area contributed by atoms with Crippen molar-refractivity contribution < 1.29 is 24.0 Å². The number of hydrogen-bond donors (Lipinski definition) is 0. The number of imide groups is 1. The molecule has 0 radical (unpaired) electrons. The van der Waals surface area contributed by atoms with Crippen LogP contribution in [0.25, 0.3) is 0 Å². The Hall–Kier alpha value is -1.63. The molecule has 0 aromatic carbocycles. The minimum Gasteiger partial charge on any atom is -0.444 e. The van der Waals surface area contributed by atoms with Gasteiger partial charge in [-0.15, -0.1) is 0 Å². The molecule has 2 aliphatic heterocycles. The number of amides is 3. The number of ether oxygens (including phenoxy) is 1. The standard InChI is InChI=1S/C14H22N2O5/c1-13(2,3)21-12(19)15-7-5-14(6-8-15)9-10(17)16(20-4)11(14)18/h5-9H2,1-4H3. The van der Waals surface area contributed by atoms with Gasteiger partial charge in [0.15, 0.2) is 0 Å². The minimum atomic E-state index is -0.717. The van der Waals surface area contributed by atoms with Gasteiger partial charge in [-0.05, 0) is 33.6 Å². The normalized spacial score (nSPS) is 22.1. The Morgan fingerprint density at radius 1 is 1.19 bits per heavy atom. The first kappa shape index (κ1) is 15.8. The second-order valence-electron chi connectivity index (χ2n) is 6.60. The molecule has 1 spiro atoms. The summed E-state index contributed by atoms with van der Waals surface area (Å²) >= 11 is 0. The summed E-state index contributed by atoms with van der Waals surface area (Å²) in [6.07, 6.45) is 0.688. The lowest BCUT2D eigenvalue weighted by atomic mass is 9.77. The van der Waals surface area contributed by atoms with Crippen molar-refractivity contribution in [2.75, 3.05) is 20.2 Å². The number of likely N-dealkylation sites (tertiary alicyclic amines) is 1. The summed E-state index contributed by atoms with van der Waals surface area (Å²) in [7, 11) is 1.31. The van der Waals surface area contributed by atoms with Crippen molar-refractivity contribution in [3.63, 3.8) is 0 Å². The summed E-state index contributed by atoms with van der Waals surface area (Å²) in [5, 5.41) is 0.836. The topological polar surface area (TPSA) is 76.2 Å². The van der Waals surface area contributed by atoms with Crippen LogP contribution in [0.5, 0.6) is 0 Å². The zero-order valence-corrected chi connectivity index (χ0v) is 13.0. The Morgan fingerprint density at radius 3 is 2.19 bits per heavy atom. The van der Waals surface area contributed by atoms with Gasteiger partial charge in [0.25, 0.3) is 11.8 Å². The summed E-state index contributed by atoms with van der Waals surface area (Å²) in [5.41, 5.74) is -1.26. The third-order valence-corrected chi connectivity index (χ3v) is 3.91. The molecular weight excluding hydrogens is 276 g/mol. The van der Waals surface area contributed by atoms with Crippen molar-refractivity contribution in [3.05, 3.63) is 0 Å². The van der Waals surface area contributed by atoms with Crippen LogP contribution < -0.4 is 0 Å². The zero-order valence-electron chi connectivity index (χ0n) is 13.0. The molecule has 2 aliphatic rings. The molecule has 0 unspecified atom stereocenters. The molecule has 0 saturated carbocycles. The molecular formula is C14H22N2O5. The highest BCUT2D eigenvalue weighted by Crippen LogP contribution is 2.42. The first-order valence-corrected chi connectivity index (χ1v) is 7.08. The zero-order chi connectivity index (χ0) is 15.8. The highest BCUT2D eigenvalue weighted by Gasteiger charge is 2.53. The molecule has 2 heterocycles. The molecule has 0 N–H and O–H groups in total. The fraction of sp³-hybridized carbons (Fsp3) is 0.786. The Bertz CT molecular complexity index is 460. The molecule has 0 atom stereocenters. The number of carbonyl (C=O) groups excluding carboxylic acids is 3. The van der Waals surface area contributed by atoms with Crippen LogP contribution in [0.3, 0.4) is 0 Å². The summed E-state index contributed by atoms with van der Waals surface area (Å²) < 4.78 is 5.32. The van der Waals surface area contributed by atoms with E-state index in [2.05, 4.69) is 0 Å². The Kier molecular flexibility index (Phi) is 3.97. The number of nitrogens with zero attached hydrogens (tertiary/aromatic N) is 2. The smallest absolute Gasteiger partial charge is 0.410 e. The molecule has 7 nitrogen and oxygen atoms in total. The molecule has 2 fully saturated rings. The molecule has 21 heavy (non-hydrogen) atoms. The highest BCUT2D eigenvalue weighted by atomic mass is 16.7. The van der Waals surface area contributed by atoms with Crippen molar-refractivity contribution in [2.24, 2.45) is 5.41 Å². The monoisotopic (exact) mass is 298 g/mol. The van der Waals surface area contributed by atoms with Crippen LogP contribution in [0, 0.1) is 5.41 Å². The number of hydroxylamine groups is 2. The number of hydrogen-bond acceptors (Lipinski definition) is 5. The average molecular weight is 298 g/mol. The van der Waals surface area contributed by atoms with Crippen LogP contribution in [0.15, 0.2) is 0 Å². The van der Waals surface area contributed by atoms with Crippen molar-refractivity contribution in [2.45, 2.75) is 45.6 Å². The third kappa shape index (κ3) is 3.02. The maximum atomic E-state index is 12.3. The van der Waals surface area contributed by atoms with Crippen molar-refractivity contribution in [1.82, 2.24) is 9.96 Å². The van der Waals surface area contributed by atoms with E-state index in [1.54, 1.807) is 4.90 Å². The summed E-state index contributed by atoms with van der Waals surface area (Å²) in [6, 6.07) is 0. The number of carbonyl (C=O) groups is 3. The van der Waals surface area contributed by atoms with Gasteiger partial charge < -0.3 is 9.64 Å². The maximum absolute atomic E-state index is 12.3. The molecule has 2 saturated heterocycles. The summed E-state index contributed by atoms with van der Waals surface area (Å²) in [6.45, 7) is 6.25. The Balaban J connectivity index is 1.99. The second kappa shape index (κ2) is 5.29. The first-order chi connectivity index (χ1) is 9.68. The van der Waals surface area contributed by atoms with Crippen molar-refractivity contribution in [1.29, 1.82) is 0 Å². The first-order valence-electron chi connectivity index (χ1n) is 7.08. The van der Waals surface area contributed by atoms with E-state index in [1.807, 2.05) is 20.8 Å². The van der Waals surface area contributed by atoms with Gasteiger partial charge in [0.05, 0.1) is 12.5 Å². The maximum Gasteiger partial charge on any atom is 0.410 e. The van der Waals surface area contributed by atoms with Crippen LogP contribution in [-0.2, 0) is 19.2 Å². The van der Waals surface area contributed by atoms with Gasteiger partial charge in [-0.3, -0.25) is 14.4 Å². The van der Waals surface area contributed by atoms with E-state index in [1.165, 1.54) is 7.11 Å². The van der Waals surface area contributed by atoms with E-state index in [9.17, 15) is 14.4 Å². The van der Waals surface area contributed by atoms with E-state index in [4.69, 9.17) is 9.57 Å². The SMILES string of the molecule is CON1C(=O)CC2(CCN(C(=O)OC(C)(C)C)CC2)C1=O. The summed E-state index contributed by atoms with van der Waals surface area (Å²) in [5.74, 6) is -0.605. The Labute approximate surface area is 124 Å². The van der Waals surface area contributed by atoms with E-state index in [0.717, 1.165) is 5.06 Å². The molecule has 2 rings (SSSR count).